The van der Waals surface area contributed by atoms with Crippen LogP contribution in [0.15, 0.2) is 18.5 Å². The molecule has 4 unspecified atom stereocenters. The quantitative estimate of drug-likeness (QED) is 0.527. The minimum Gasteiger partial charge on any atom is -0.402 e. The van der Waals surface area contributed by atoms with Gasteiger partial charge in [0.25, 0.3) is 5.92 Å². The van der Waals surface area contributed by atoms with E-state index in [0.717, 1.165) is 18.7 Å². The van der Waals surface area contributed by atoms with Gasteiger partial charge in [-0.15, -0.1) is 13.2 Å². The lowest BCUT2D eigenvalue weighted by Gasteiger charge is -2.68. The van der Waals surface area contributed by atoms with Gasteiger partial charge in [0, 0.05) is 55.5 Å². The first-order chi connectivity index (χ1) is 17.1. The number of pyridine rings is 1. The Balaban J connectivity index is 1.46. The number of anilines is 1. The molecule has 3 heterocycles. The molecule has 204 valence electrons. The maximum Gasteiger partial charge on any atom is 0.573 e. The van der Waals surface area contributed by atoms with Crippen LogP contribution in [0, 0.1) is 5.92 Å². The molecule has 0 aromatic carbocycles. The van der Waals surface area contributed by atoms with Crippen LogP contribution >= 0.6 is 0 Å². The Morgan fingerprint density at radius 2 is 1.78 bits per heavy atom. The molecule has 2 aliphatic carbocycles. The van der Waals surface area contributed by atoms with Gasteiger partial charge in [0.15, 0.2) is 11.6 Å². The number of aliphatic hydroxyl groups is 1. The van der Waals surface area contributed by atoms with Gasteiger partial charge in [-0.3, -0.25) is 4.90 Å². The van der Waals surface area contributed by atoms with Crippen LogP contribution in [0.2, 0.25) is 0 Å². The third-order valence-corrected chi connectivity index (χ3v) is 7.81. The van der Waals surface area contributed by atoms with Crippen LogP contribution in [0.4, 0.5) is 40.9 Å². The fourth-order valence-electron chi connectivity index (χ4n) is 5.85. The molecule has 0 radical (unpaired) electrons. The SMILES string of the molecule is Nc1ncc(-c2cn(C3CC4(N5CCC(F)(F)CC5)CCC34)c(C(O)C(F)(F)F)n2)cc1OC(F)(F)F. The van der Waals surface area contributed by atoms with Gasteiger partial charge in [0.1, 0.15) is 5.82 Å². The highest BCUT2D eigenvalue weighted by Gasteiger charge is 2.64. The van der Waals surface area contributed by atoms with Crippen LogP contribution in [0.1, 0.15) is 50.1 Å². The molecule has 1 saturated heterocycles. The second-order valence-corrected chi connectivity index (χ2v) is 9.85. The molecule has 7 nitrogen and oxygen atoms in total. The maximum atomic E-state index is 13.6. The first-order valence-corrected chi connectivity index (χ1v) is 11.6. The van der Waals surface area contributed by atoms with Gasteiger partial charge >= 0.3 is 12.5 Å². The number of alkyl halides is 8. The van der Waals surface area contributed by atoms with E-state index in [-0.39, 0.29) is 43.1 Å². The first-order valence-electron chi connectivity index (χ1n) is 11.6. The predicted molar refractivity (Wildman–Crippen MR) is 112 cm³/mol. The van der Waals surface area contributed by atoms with E-state index < -0.39 is 53.5 Å². The number of ether oxygens (including phenoxy) is 1. The van der Waals surface area contributed by atoms with Crippen molar-refractivity contribution >= 4 is 5.82 Å². The number of piperidine rings is 1. The van der Waals surface area contributed by atoms with Crippen LogP contribution in [0.3, 0.4) is 0 Å². The largest absolute Gasteiger partial charge is 0.573 e. The van der Waals surface area contributed by atoms with Crippen LogP contribution in [-0.2, 0) is 0 Å². The third-order valence-electron chi connectivity index (χ3n) is 7.81. The van der Waals surface area contributed by atoms with Crippen molar-refractivity contribution in [3.05, 3.63) is 24.3 Å². The number of aromatic nitrogens is 3. The summed E-state index contributed by atoms with van der Waals surface area (Å²) in [6.45, 7) is 0.366. The van der Waals surface area contributed by atoms with E-state index in [4.69, 9.17) is 5.73 Å². The van der Waals surface area contributed by atoms with Gasteiger partial charge in [0.2, 0.25) is 6.10 Å². The van der Waals surface area contributed by atoms with Crippen molar-refractivity contribution in [3.63, 3.8) is 0 Å². The number of halogens is 8. The summed E-state index contributed by atoms with van der Waals surface area (Å²) in [5.41, 5.74) is 4.78. The number of likely N-dealkylation sites (tertiary alicyclic amines) is 1. The summed E-state index contributed by atoms with van der Waals surface area (Å²) in [7, 11) is 0. The lowest BCUT2D eigenvalue weighted by molar-refractivity contribution is -0.274. The fraction of sp³-hybridized carbons (Fsp3) is 0.636. The molecular weight excluding hydrogens is 518 g/mol. The highest BCUT2D eigenvalue weighted by atomic mass is 19.4. The number of hydrogen-bond donors (Lipinski definition) is 2. The number of fused-ring (bicyclic) bond motifs is 1. The van der Waals surface area contributed by atoms with Crippen molar-refractivity contribution in [2.24, 2.45) is 5.92 Å². The molecule has 15 heteroatoms. The van der Waals surface area contributed by atoms with Crippen molar-refractivity contribution < 1.29 is 45.0 Å². The highest BCUT2D eigenvalue weighted by Crippen LogP contribution is 2.64. The van der Waals surface area contributed by atoms with Gasteiger partial charge < -0.3 is 20.1 Å². The van der Waals surface area contributed by atoms with Crippen LogP contribution in [0.25, 0.3) is 11.3 Å². The van der Waals surface area contributed by atoms with Gasteiger partial charge in [0.05, 0.1) is 5.69 Å². The van der Waals surface area contributed by atoms with Crippen molar-refractivity contribution in [1.29, 1.82) is 0 Å². The minimum atomic E-state index is -5.08. The molecule has 3 aliphatic rings. The number of hydrogen-bond acceptors (Lipinski definition) is 6. The first kappa shape index (κ1) is 25.9. The van der Waals surface area contributed by atoms with Gasteiger partial charge in [-0.05, 0) is 31.2 Å². The number of aliphatic hydroxyl groups excluding tert-OH is 1. The summed E-state index contributed by atoms with van der Waals surface area (Å²) in [6.07, 6.45) is -9.64. The van der Waals surface area contributed by atoms with E-state index in [1.165, 1.54) is 10.8 Å². The number of nitrogens with zero attached hydrogens (tertiary/aromatic N) is 4. The molecule has 0 bridgehead atoms. The minimum absolute atomic E-state index is 0.0970. The number of rotatable bonds is 5. The van der Waals surface area contributed by atoms with E-state index in [1.807, 2.05) is 4.90 Å². The summed E-state index contributed by atoms with van der Waals surface area (Å²) in [5.74, 6) is -5.02. The van der Waals surface area contributed by atoms with Gasteiger partial charge in [-0.1, -0.05) is 0 Å². The highest BCUT2D eigenvalue weighted by molar-refractivity contribution is 5.64. The van der Waals surface area contributed by atoms with Crippen LogP contribution < -0.4 is 10.5 Å². The van der Waals surface area contributed by atoms with E-state index >= 15 is 0 Å². The molecule has 2 saturated carbocycles. The molecule has 37 heavy (non-hydrogen) atoms. The molecule has 2 aromatic heterocycles. The number of nitrogen functional groups attached to an aromatic ring is 1. The average molecular weight is 541 g/mol. The Labute approximate surface area is 205 Å². The van der Waals surface area contributed by atoms with Crippen molar-refractivity contribution in [3.8, 4) is 17.0 Å². The number of nitrogens with two attached hydrogens (primary N) is 1. The summed E-state index contributed by atoms with van der Waals surface area (Å²) in [5, 5.41) is 10.0. The zero-order chi connectivity index (χ0) is 27.0. The van der Waals surface area contributed by atoms with Crippen LogP contribution in [0.5, 0.6) is 5.75 Å². The lowest BCUT2D eigenvalue weighted by Crippen LogP contribution is -2.71. The molecule has 3 N–H and O–H groups in total. The zero-order valence-corrected chi connectivity index (χ0v) is 19.2. The fourth-order valence-corrected chi connectivity index (χ4v) is 5.85. The second kappa shape index (κ2) is 8.41. The second-order valence-electron chi connectivity index (χ2n) is 9.85. The topological polar surface area (TPSA) is 89.4 Å². The molecular formula is C22H23F8N5O2. The third kappa shape index (κ3) is 4.60. The zero-order valence-electron chi connectivity index (χ0n) is 19.2. The molecule has 2 aromatic rings. The molecule has 0 amide bonds. The summed E-state index contributed by atoms with van der Waals surface area (Å²) in [4.78, 5) is 9.53. The Morgan fingerprint density at radius 3 is 2.32 bits per heavy atom. The Morgan fingerprint density at radius 1 is 1.11 bits per heavy atom. The molecule has 1 aliphatic heterocycles. The average Bonchev–Trinajstić information content (AvgIpc) is 3.20. The maximum absolute atomic E-state index is 13.6. The normalized spacial score (nSPS) is 28.7. The van der Waals surface area contributed by atoms with Crippen molar-refractivity contribution in [1.82, 2.24) is 19.4 Å². The molecule has 5 rings (SSSR count). The van der Waals surface area contributed by atoms with Crippen LogP contribution in [-0.4, -0.2) is 61.6 Å². The Hall–Kier alpha value is -2.68. The van der Waals surface area contributed by atoms with E-state index in [2.05, 4.69) is 14.7 Å². The van der Waals surface area contributed by atoms with Crippen molar-refractivity contribution in [2.75, 3.05) is 18.8 Å². The molecule has 0 spiro atoms. The van der Waals surface area contributed by atoms with Gasteiger partial charge in [-0.25, -0.2) is 18.7 Å². The van der Waals surface area contributed by atoms with E-state index in [1.54, 1.807) is 0 Å². The summed E-state index contributed by atoms with van der Waals surface area (Å²) >= 11 is 0. The Kier molecular flexibility index (Phi) is 5.90. The summed E-state index contributed by atoms with van der Waals surface area (Å²) in [6, 6.07) is 0.353. The Bertz CT molecular complexity index is 1170. The van der Waals surface area contributed by atoms with E-state index in [9.17, 15) is 40.2 Å². The molecule has 4 atom stereocenters. The number of imidazole rings is 1. The van der Waals surface area contributed by atoms with E-state index in [0.29, 0.717) is 12.8 Å². The summed E-state index contributed by atoms with van der Waals surface area (Å²) < 4.78 is 111. The monoisotopic (exact) mass is 541 g/mol. The lowest BCUT2D eigenvalue weighted by atomic mass is 9.49. The molecule has 3 fully saturated rings. The predicted octanol–water partition coefficient (Wildman–Crippen LogP) is 4.85. The van der Waals surface area contributed by atoms with Gasteiger partial charge in [-0.2, -0.15) is 13.2 Å². The van der Waals surface area contributed by atoms with Crippen molar-refractivity contribution in [2.45, 2.75) is 68.3 Å². The standard InChI is InChI=1S/C22H23F8N5O2/c23-20(24)3-5-34(6-4-20)19-2-1-12(19)14(8-19)35-10-13(33-18(35)16(36)21(25,26)27)11-7-15(17(31)32-9-11)37-22(28,29)30/h7,9-10,12,14,16,36H,1-6,8H2,(H2,31,32). The smallest absolute Gasteiger partial charge is 0.402 e.